The van der Waals surface area contributed by atoms with Crippen LogP contribution in [0.2, 0.25) is 0 Å². The van der Waals surface area contributed by atoms with Crippen LogP contribution >= 0.6 is 0 Å². The molecule has 0 aromatic carbocycles. The Balaban J connectivity index is 0. The summed E-state index contributed by atoms with van der Waals surface area (Å²) in [6.07, 6.45) is -7.52. The maximum atomic E-state index is 14.1. The second-order valence-electron chi connectivity index (χ2n) is 7.91. The Morgan fingerprint density at radius 1 is 0.750 bits per heavy atom. The minimum Gasteiger partial charge on any atom is -0.478 e. The fourth-order valence-corrected chi connectivity index (χ4v) is 3.66. The van der Waals surface area contributed by atoms with Crippen molar-refractivity contribution in [1.82, 2.24) is 4.31 Å². The highest BCUT2D eigenvalue weighted by Crippen LogP contribution is 2.64. The maximum absolute atomic E-state index is 14.1. The van der Waals surface area contributed by atoms with E-state index in [1.54, 1.807) is 0 Å². The zero-order chi connectivity index (χ0) is 36.3. The fraction of sp³-hybridized carbons (Fsp3) is 0.684. The van der Waals surface area contributed by atoms with Gasteiger partial charge in [-0.05, 0) is 6.92 Å². The largest absolute Gasteiger partial charge is 0.478 e. The number of sulfonamides is 1. The Labute approximate surface area is 235 Å². The number of carbonyl (C=O) groups is 2. The van der Waals surface area contributed by atoms with Crippen molar-refractivity contribution >= 4 is 22.0 Å². The quantitative estimate of drug-likeness (QED) is 0.135. The first-order chi connectivity index (χ1) is 19.1. The van der Waals surface area contributed by atoms with Crippen molar-refractivity contribution in [2.45, 2.75) is 60.8 Å². The van der Waals surface area contributed by atoms with Crippen LogP contribution in [-0.4, -0.2) is 96.4 Å². The van der Waals surface area contributed by atoms with Gasteiger partial charge >= 0.3 is 58.9 Å². The maximum Gasteiger partial charge on any atom is 0.460 e. The van der Waals surface area contributed by atoms with Crippen molar-refractivity contribution in [1.29, 1.82) is 0 Å². The molecule has 0 atom stereocenters. The first-order valence-corrected chi connectivity index (χ1v) is 11.9. The highest BCUT2D eigenvalue weighted by atomic mass is 32.2. The zero-order valence-corrected chi connectivity index (χ0v) is 22.2. The van der Waals surface area contributed by atoms with Crippen molar-refractivity contribution in [3.8, 4) is 0 Å². The summed E-state index contributed by atoms with van der Waals surface area (Å²) in [6, 6.07) is 0. The van der Waals surface area contributed by atoms with E-state index in [0.29, 0.717) is 13.0 Å². The molecule has 0 rings (SSSR count). The van der Waals surface area contributed by atoms with Crippen molar-refractivity contribution in [3.05, 3.63) is 24.8 Å². The van der Waals surface area contributed by atoms with Crippen LogP contribution in [-0.2, 0) is 24.3 Å². The summed E-state index contributed by atoms with van der Waals surface area (Å²) in [5, 5.41) is 0.228. The molecule has 44 heavy (non-hydrogen) atoms. The summed E-state index contributed by atoms with van der Waals surface area (Å²) in [5.41, 5.74) is 0.176. The number of ether oxygens (including phenoxy) is 1. The summed E-state index contributed by atoms with van der Waals surface area (Å²) in [6.45, 7) is 3.52. The fourth-order valence-electron chi connectivity index (χ4n) is 2.23. The summed E-state index contributed by atoms with van der Waals surface area (Å²) >= 11 is 0. The molecule has 0 aliphatic carbocycles. The van der Waals surface area contributed by atoms with Gasteiger partial charge in [-0.15, -0.1) is 0 Å². The van der Waals surface area contributed by atoms with Gasteiger partial charge in [0.2, 0.25) is 0 Å². The molecule has 260 valence electrons. The molecule has 0 amide bonds. The molecule has 0 aliphatic rings. The van der Waals surface area contributed by atoms with Crippen LogP contribution in [0.3, 0.4) is 0 Å². The van der Waals surface area contributed by atoms with Gasteiger partial charge in [-0.3, -0.25) is 0 Å². The number of nitrogens with zero attached hydrogens (tertiary/aromatic N) is 1. The average molecular weight is 711 g/mol. The first-order valence-electron chi connectivity index (χ1n) is 10.4. The van der Waals surface area contributed by atoms with Gasteiger partial charge in [-0.25, -0.2) is 18.0 Å². The van der Waals surface area contributed by atoms with Gasteiger partial charge in [0, 0.05) is 24.7 Å². The Hall–Kier alpha value is -2.86. The van der Waals surface area contributed by atoms with Gasteiger partial charge in [0.15, 0.2) is 0 Å². The lowest BCUT2D eigenvalue weighted by molar-refractivity contribution is -0.458. The second kappa shape index (κ2) is 13.2. The number of carboxylic acids is 1. The minimum atomic E-state index is -8.91. The topological polar surface area (TPSA) is 101 Å². The predicted octanol–water partition coefficient (Wildman–Crippen LogP) is 5.98. The molecule has 0 saturated carbocycles. The van der Waals surface area contributed by atoms with E-state index >= 15 is 0 Å². The lowest BCUT2D eigenvalue weighted by Crippen LogP contribution is -2.75. The Bertz CT molecular complexity index is 1170. The minimum absolute atomic E-state index is 0.176. The number of rotatable bonds is 14. The molecule has 25 heteroatoms. The number of alkyl halides is 17. The third kappa shape index (κ3) is 7.17. The van der Waals surface area contributed by atoms with Crippen LogP contribution in [0.25, 0.3) is 0 Å². The van der Waals surface area contributed by atoms with Gasteiger partial charge in [-0.2, -0.15) is 78.9 Å². The number of hydrogen-bond acceptors (Lipinski definition) is 5. The van der Waals surface area contributed by atoms with Crippen molar-refractivity contribution in [3.63, 3.8) is 0 Å². The van der Waals surface area contributed by atoms with Crippen LogP contribution in [0.1, 0.15) is 13.8 Å². The third-order valence-corrected chi connectivity index (χ3v) is 6.85. The molecule has 0 bridgehead atoms. The second-order valence-corrected chi connectivity index (χ2v) is 9.89. The molecule has 0 saturated heterocycles. The molecule has 0 fully saturated rings. The lowest BCUT2D eigenvalue weighted by atomic mass is 9.91. The number of esters is 1. The molecule has 0 spiro atoms. The van der Waals surface area contributed by atoms with Crippen molar-refractivity contribution in [2.24, 2.45) is 0 Å². The van der Waals surface area contributed by atoms with Crippen LogP contribution < -0.4 is 0 Å². The lowest BCUT2D eigenvalue weighted by Gasteiger charge is -2.43. The number of halogens is 17. The van der Waals surface area contributed by atoms with Crippen LogP contribution in [0.4, 0.5) is 74.6 Å². The Morgan fingerprint density at radius 2 is 1.07 bits per heavy atom. The van der Waals surface area contributed by atoms with Gasteiger partial charge in [-0.1, -0.05) is 20.1 Å². The highest BCUT2D eigenvalue weighted by molar-refractivity contribution is 7.90. The number of likely N-dealkylation sites (N-methyl/N-ethyl adjacent to an activating group) is 1. The van der Waals surface area contributed by atoms with Crippen LogP contribution in [0.15, 0.2) is 24.8 Å². The summed E-state index contributed by atoms with van der Waals surface area (Å²) in [7, 11) is -7.43. The molecule has 7 nitrogen and oxygen atoms in total. The van der Waals surface area contributed by atoms with Gasteiger partial charge in [0.25, 0.3) is 10.0 Å². The molecular formula is C19H18F17NO6S. The summed E-state index contributed by atoms with van der Waals surface area (Å²) < 4.78 is 253. The number of carbonyl (C=O) groups excluding carboxylic acids is 1. The van der Waals surface area contributed by atoms with E-state index in [4.69, 9.17) is 5.11 Å². The van der Waals surface area contributed by atoms with E-state index in [-0.39, 0.29) is 5.57 Å². The smallest absolute Gasteiger partial charge is 0.460 e. The number of aliphatic carboxylic acids is 1. The van der Waals surface area contributed by atoms with E-state index < -0.39 is 92.9 Å². The van der Waals surface area contributed by atoms with E-state index in [0.717, 1.165) is 0 Å². The van der Waals surface area contributed by atoms with E-state index in [9.17, 15) is 92.6 Å². The standard InChI is InChI=1S/C15H12F17NO4S.C4H6O2/c1-3-7(34)37-6-5-33(4-2)38(35,36)15(31,32)13(26,27)11(22,23)9(18,19)8(16,17)10(20,21)12(24,25)14(28,29)30;1-3(2)4(5)6/h3H,1,4-6H2,2H3;1H2,2H3,(H,5,6). The molecule has 0 radical (unpaired) electrons. The van der Waals surface area contributed by atoms with E-state index in [1.807, 2.05) is 0 Å². The average Bonchev–Trinajstić information content (AvgIpc) is 2.84. The molecular weight excluding hydrogens is 693 g/mol. The van der Waals surface area contributed by atoms with Gasteiger partial charge < -0.3 is 9.84 Å². The molecule has 1 N–H and O–H groups in total. The third-order valence-electron chi connectivity index (χ3n) is 4.83. The highest BCUT2D eigenvalue weighted by Gasteiger charge is 2.96. The Morgan fingerprint density at radius 3 is 1.34 bits per heavy atom. The van der Waals surface area contributed by atoms with E-state index in [1.165, 1.54) is 6.92 Å². The molecule has 0 aliphatic heterocycles. The number of hydrogen-bond donors (Lipinski definition) is 1. The molecule has 0 aromatic heterocycles. The molecule has 0 heterocycles. The SMILES string of the molecule is C=C(C)C(=O)O.C=CC(=O)OCCN(CC)S(=O)(=O)C(F)(F)C(F)(F)C(F)(F)C(F)(F)C(F)(F)C(F)(F)C(F)(F)C(F)(F)F. The first kappa shape index (κ1) is 43.3. The van der Waals surface area contributed by atoms with Crippen LogP contribution in [0.5, 0.6) is 0 Å². The molecule has 0 aromatic rings. The van der Waals surface area contributed by atoms with E-state index in [2.05, 4.69) is 17.9 Å². The Kier molecular flexibility index (Phi) is 13.0. The van der Waals surface area contributed by atoms with Gasteiger partial charge in [0.05, 0.1) is 0 Å². The summed E-state index contributed by atoms with van der Waals surface area (Å²) in [4.78, 5) is 20.4. The molecule has 0 unspecified atom stereocenters. The predicted molar refractivity (Wildman–Crippen MR) is 110 cm³/mol. The normalized spacial score (nSPS) is 14.5. The van der Waals surface area contributed by atoms with Crippen molar-refractivity contribution < 1.29 is 102 Å². The summed E-state index contributed by atoms with van der Waals surface area (Å²) in [5.74, 6) is -54.3. The van der Waals surface area contributed by atoms with Crippen molar-refractivity contribution in [2.75, 3.05) is 19.7 Å². The van der Waals surface area contributed by atoms with Crippen LogP contribution in [0, 0.1) is 0 Å². The monoisotopic (exact) mass is 711 g/mol. The zero-order valence-electron chi connectivity index (χ0n) is 21.4. The number of carboxylic acid groups (broad SMARTS) is 1. The van der Waals surface area contributed by atoms with Gasteiger partial charge in [0.1, 0.15) is 6.61 Å².